The van der Waals surface area contributed by atoms with E-state index in [1.165, 1.54) is 0 Å². The van der Waals surface area contributed by atoms with E-state index in [9.17, 15) is 9.59 Å². The molecule has 1 aliphatic rings. The predicted octanol–water partition coefficient (Wildman–Crippen LogP) is 3.82. The standard InChI is InChI=1S/C23H28N2O4/c1-18(2)16-29-23(27)25-13-11-24(12-14-25)22(26)20-9-6-10-21(15-20)28-17-19-7-4-3-5-8-19/h3-10,15,18H,11-14,16-17H2,1-2H3. The molecule has 0 N–H and O–H groups in total. The van der Waals surface area contributed by atoms with Gasteiger partial charge in [-0.3, -0.25) is 4.79 Å². The first kappa shape index (κ1) is 20.7. The van der Waals surface area contributed by atoms with Gasteiger partial charge in [0.05, 0.1) is 6.61 Å². The molecule has 1 fully saturated rings. The number of nitrogens with zero attached hydrogens (tertiary/aromatic N) is 2. The summed E-state index contributed by atoms with van der Waals surface area (Å²) in [5, 5.41) is 0. The van der Waals surface area contributed by atoms with E-state index in [1.54, 1.807) is 21.9 Å². The zero-order valence-corrected chi connectivity index (χ0v) is 17.0. The quantitative estimate of drug-likeness (QED) is 0.745. The Bertz CT molecular complexity index is 815. The highest BCUT2D eigenvalue weighted by molar-refractivity contribution is 5.94. The van der Waals surface area contributed by atoms with Crippen LogP contribution in [-0.2, 0) is 11.3 Å². The first-order chi connectivity index (χ1) is 14.0. The molecule has 0 aromatic heterocycles. The normalized spacial score (nSPS) is 14.0. The number of benzene rings is 2. The van der Waals surface area contributed by atoms with Crippen LogP contribution in [0.15, 0.2) is 54.6 Å². The van der Waals surface area contributed by atoms with E-state index in [1.807, 2.05) is 56.3 Å². The van der Waals surface area contributed by atoms with E-state index >= 15 is 0 Å². The summed E-state index contributed by atoms with van der Waals surface area (Å²) in [4.78, 5) is 28.3. The number of carbonyl (C=O) groups excluding carboxylic acids is 2. The van der Waals surface area contributed by atoms with Gasteiger partial charge in [0.1, 0.15) is 12.4 Å². The van der Waals surface area contributed by atoms with Crippen molar-refractivity contribution in [1.29, 1.82) is 0 Å². The third-order valence-corrected chi connectivity index (χ3v) is 4.69. The summed E-state index contributed by atoms with van der Waals surface area (Å²) in [7, 11) is 0. The smallest absolute Gasteiger partial charge is 0.409 e. The van der Waals surface area contributed by atoms with Crippen molar-refractivity contribution in [3.8, 4) is 5.75 Å². The molecular formula is C23H28N2O4. The molecule has 3 rings (SSSR count). The van der Waals surface area contributed by atoms with Crippen LogP contribution in [-0.4, -0.2) is 54.6 Å². The van der Waals surface area contributed by atoms with Gasteiger partial charge >= 0.3 is 6.09 Å². The van der Waals surface area contributed by atoms with Gasteiger partial charge in [0.15, 0.2) is 0 Å². The van der Waals surface area contributed by atoms with Crippen LogP contribution in [0.3, 0.4) is 0 Å². The SMILES string of the molecule is CC(C)COC(=O)N1CCN(C(=O)c2cccc(OCc3ccccc3)c2)CC1. The molecule has 0 saturated carbocycles. The van der Waals surface area contributed by atoms with Crippen LogP contribution in [0.1, 0.15) is 29.8 Å². The van der Waals surface area contributed by atoms with Crippen LogP contribution < -0.4 is 4.74 Å². The first-order valence-electron chi connectivity index (χ1n) is 10.0. The Kier molecular flexibility index (Phi) is 7.11. The lowest BCUT2D eigenvalue weighted by molar-refractivity contribution is 0.0535. The van der Waals surface area contributed by atoms with Crippen molar-refractivity contribution >= 4 is 12.0 Å². The van der Waals surface area contributed by atoms with Crippen molar-refractivity contribution in [2.75, 3.05) is 32.8 Å². The Morgan fingerprint density at radius 2 is 1.62 bits per heavy atom. The first-order valence-corrected chi connectivity index (χ1v) is 10.0. The number of carbonyl (C=O) groups is 2. The fourth-order valence-electron chi connectivity index (χ4n) is 3.06. The van der Waals surface area contributed by atoms with Gasteiger partial charge in [0.25, 0.3) is 5.91 Å². The minimum Gasteiger partial charge on any atom is -0.489 e. The molecule has 29 heavy (non-hydrogen) atoms. The highest BCUT2D eigenvalue weighted by atomic mass is 16.6. The molecule has 154 valence electrons. The number of ether oxygens (including phenoxy) is 2. The maximum atomic E-state index is 12.9. The molecular weight excluding hydrogens is 368 g/mol. The molecule has 1 heterocycles. The van der Waals surface area contributed by atoms with Gasteiger partial charge in [-0.1, -0.05) is 50.2 Å². The molecule has 2 amide bonds. The monoisotopic (exact) mass is 396 g/mol. The van der Waals surface area contributed by atoms with Gasteiger partial charge < -0.3 is 19.3 Å². The van der Waals surface area contributed by atoms with Crippen LogP contribution >= 0.6 is 0 Å². The van der Waals surface area contributed by atoms with Gasteiger partial charge in [0.2, 0.25) is 0 Å². The van der Waals surface area contributed by atoms with Gasteiger partial charge in [-0.2, -0.15) is 0 Å². The van der Waals surface area contributed by atoms with E-state index < -0.39 is 0 Å². The molecule has 6 nitrogen and oxygen atoms in total. The molecule has 1 saturated heterocycles. The molecule has 2 aromatic carbocycles. The molecule has 1 aliphatic heterocycles. The number of rotatable bonds is 6. The van der Waals surface area contributed by atoms with Crippen LogP contribution in [0.5, 0.6) is 5.75 Å². The molecule has 0 unspecified atom stereocenters. The lowest BCUT2D eigenvalue weighted by Crippen LogP contribution is -2.50. The second-order valence-electron chi connectivity index (χ2n) is 7.55. The summed E-state index contributed by atoms with van der Waals surface area (Å²) in [5.74, 6) is 0.916. The lowest BCUT2D eigenvalue weighted by Gasteiger charge is -2.34. The molecule has 0 radical (unpaired) electrons. The Labute approximate surface area is 172 Å². The van der Waals surface area contributed by atoms with E-state index in [2.05, 4.69) is 0 Å². The average molecular weight is 396 g/mol. The Morgan fingerprint density at radius 3 is 2.31 bits per heavy atom. The predicted molar refractivity (Wildman–Crippen MR) is 111 cm³/mol. The summed E-state index contributed by atoms with van der Waals surface area (Å²) in [6.45, 7) is 6.81. The molecule has 0 atom stereocenters. The summed E-state index contributed by atoms with van der Waals surface area (Å²) in [6.07, 6.45) is -0.304. The molecule has 6 heteroatoms. The van der Waals surface area contributed by atoms with E-state index in [-0.39, 0.29) is 12.0 Å². The molecule has 0 aliphatic carbocycles. The topological polar surface area (TPSA) is 59.1 Å². The molecule has 0 bridgehead atoms. The largest absolute Gasteiger partial charge is 0.489 e. The van der Waals surface area contributed by atoms with E-state index in [0.717, 1.165) is 5.56 Å². The Balaban J connectivity index is 1.52. The summed E-state index contributed by atoms with van der Waals surface area (Å²) >= 11 is 0. The van der Waals surface area contributed by atoms with E-state index in [0.29, 0.717) is 56.6 Å². The summed E-state index contributed by atoms with van der Waals surface area (Å²) in [5.41, 5.74) is 1.66. The van der Waals surface area contributed by atoms with Crippen molar-refractivity contribution < 1.29 is 19.1 Å². The van der Waals surface area contributed by atoms with Gasteiger partial charge in [-0.15, -0.1) is 0 Å². The van der Waals surface area contributed by atoms with Crippen molar-refractivity contribution in [3.05, 3.63) is 65.7 Å². The molecule has 0 spiro atoms. The third kappa shape index (κ3) is 5.98. The summed E-state index contributed by atoms with van der Waals surface area (Å²) < 4.78 is 11.1. The van der Waals surface area contributed by atoms with Crippen LogP contribution in [0.4, 0.5) is 4.79 Å². The maximum Gasteiger partial charge on any atom is 0.409 e. The van der Waals surface area contributed by atoms with E-state index in [4.69, 9.17) is 9.47 Å². The second kappa shape index (κ2) is 9.96. The third-order valence-electron chi connectivity index (χ3n) is 4.69. The highest BCUT2D eigenvalue weighted by Gasteiger charge is 2.26. The Hall–Kier alpha value is -3.02. The maximum absolute atomic E-state index is 12.9. The van der Waals surface area contributed by atoms with Crippen molar-refractivity contribution in [1.82, 2.24) is 9.80 Å². The number of amides is 2. The zero-order chi connectivity index (χ0) is 20.6. The van der Waals surface area contributed by atoms with Gasteiger partial charge in [-0.25, -0.2) is 4.79 Å². The minimum absolute atomic E-state index is 0.0506. The van der Waals surface area contributed by atoms with Crippen molar-refractivity contribution in [2.45, 2.75) is 20.5 Å². The minimum atomic E-state index is -0.304. The highest BCUT2D eigenvalue weighted by Crippen LogP contribution is 2.18. The zero-order valence-electron chi connectivity index (χ0n) is 17.0. The van der Waals surface area contributed by atoms with Gasteiger partial charge in [-0.05, 0) is 29.7 Å². The number of hydrogen-bond donors (Lipinski definition) is 0. The average Bonchev–Trinajstić information content (AvgIpc) is 2.76. The number of hydrogen-bond acceptors (Lipinski definition) is 4. The fraction of sp³-hybridized carbons (Fsp3) is 0.391. The van der Waals surface area contributed by atoms with Gasteiger partial charge in [0, 0.05) is 31.7 Å². The van der Waals surface area contributed by atoms with Crippen LogP contribution in [0, 0.1) is 5.92 Å². The van der Waals surface area contributed by atoms with Crippen LogP contribution in [0.2, 0.25) is 0 Å². The van der Waals surface area contributed by atoms with Crippen LogP contribution in [0.25, 0.3) is 0 Å². The lowest BCUT2D eigenvalue weighted by atomic mass is 10.1. The molecule has 2 aromatic rings. The second-order valence-corrected chi connectivity index (χ2v) is 7.55. The summed E-state index contributed by atoms with van der Waals surface area (Å²) in [6, 6.07) is 17.1. The number of piperazine rings is 1. The van der Waals surface area contributed by atoms with Crippen molar-refractivity contribution in [3.63, 3.8) is 0 Å². The van der Waals surface area contributed by atoms with Crippen molar-refractivity contribution in [2.24, 2.45) is 5.92 Å². The fourth-order valence-corrected chi connectivity index (χ4v) is 3.06. The Morgan fingerprint density at radius 1 is 0.931 bits per heavy atom.